The first-order valence-electron chi connectivity index (χ1n) is 5.92. The number of anilines is 1. The highest BCUT2D eigenvalue weighted by Gasteiger charge is 2.19. The quantitative estimate of drug-likeness (QED) is 0.773. The summed E-state index contributed by atoms with van der Waals surface area (Å²) in [7, 11) is 1.60. The van der Waals surface area contributed by atoms with Gasteiger partial charge in [0.05, 0.1) is 12.1 Å². The summed E-state index contributed by atoms with van der Waals surface area (Å²) in [6, 6.07) is 3.77. The van der Waals surface area contributed by atoms with Crippen LogP contribution >= 0.6 is 22.9 Å². The Morgan fingerprint density at radius 2 is 2.29 bits per heavy atom. The van der Waals surface area contributed by atoms with Gasteiger partial charge in [0, 0.05) is 10.1 Å². The molecule has 0 unspecified atom stereocenters. The Balaban J connectivity index is 2.03. The SMILES string of the molecule is COc1cc2c(Cl)c(C(=O)Nc3nnn[nH]3)sc2cc1C. The van der Waals surface area contributed by atoms with Crippen LogP contribution in [0.4, 0.5) is 5.95 Å². The van der Waals surface area contributed by atoms with Crippen LogP contribution in [0.1, 0.15) is 15.2 Å². The number of methoxy groups -OCH3 is 1. The molecule has 0 atom stereocenters. The summed E-state index contributed by atoms with van der Waals surface area (Å²) in [5.74, 6) is 0.534. The number of tetrazole rings is 1. The molecule has 0 radical (unpaired) electrons. The first-order chi connectivity index (χ1) is 10.1. The Hall–Kier alpha value is -2.19. The van der Waals surface area contributed by atoms with Gasteiger partial charge in [0.1, 0.15) is 10.6 Å². The summed E-state index contributed by atoms with van der Waals surface area (Å²) in [6.45, 7) is 1.94. The second kappa shape index (κ2) is 5.30. The van der Waals surface area contributed by atoms with Crippen LogP contribution in [-0.2, 0) is 0 Å². The number of nitrogens with one attached hydrogen (secondary N) is 2. The summed E-state index contributed by atoms with van der Waals surface area (Å²) in [5.41, 5.74) is 0.981. The smallest absolute Gasteiger partial charge is 0.269 e. The van der Waals surface area contributed by atoms with Gasteiger partial charge in [-0.25, -0.2) is 5.10 Å². The molecular weight excluding hydrogens is 314 g/mol. The third kappa shape index (κ3) is 2.43. The molecule has 2 aromatic heterocycles. The predicted molar refractivity (Wildman–Crippen MR) is 80.3 cm³/mol. The molecule has 0 aliphatic heterocycles. The topological polar surface area (TPSA) is 92.8 Å². The van der Waals surface area contributed by atoms with Crippen molar-refractivity contribution in [1.82, 2.24) is 20.6 Å². The highest BCUT2D eigenvalue weighted by atomic mass is 35.5. The number of carbonyl (C=O) groups excluding carboxylic acids is 1. The van der Waals surface area contributed by atoms with Crippen molar-refractivity contribution >= 4 is 44.9 Å². The third-order valence-electron chi connectivity index (χ3n) is 2.93. The number of aromatic amines is 1. The van der Waals surface area contributed by atoms with Crippen LogP contribution in [0.25, 0.3) is 10.1 Å². The van der Waals surface area contributed by atoms with Crippen LogP contribution in [0, 0.1) is 6.92 Å². The Kier molecular flexibility index (Phi) is 3.48. The van der Waals surface area contributed by atoms with E-state index in [0.717, 1.165) is 21.4 Å². The van der Waals surface area contributed by atoms with E-state index in [1.54, 1.807) is 7.11 Å². The van der Waals surface area contributed by atoms with Crippen LogP contribution in [0.2, 0.25) is 5.02 Å². The molecule has 0 aliphatic rings. The van der Waals surface area contributed by atoms with Crippen molar-refractivity contribution in [2.75, 3.05) is 12.4 Å². The zero-order valence-electron chi connectivity index (χ0n) is 11.1. The second-order valence-corrected chi connectivity index (χ2v) is 5.70. The van der Waals surface area contributed by atoms with Crippen molar-refractivity contribution in [1.29, 1.82) is 0 Å². The zero-order valence-corrected chi connectivity index (χ0v) is 12.7. The van der Waals surface area contributed by atoms with Crippen LogP contribution in [0.5, 0.6) is 5.75 Å². The molecule has 0 bridgehead atoms. The van der Waals surface area contributed by atoms with E-state index < -0.39 is 0 Å². The molecule has 2 N–H and O–H groups in total. The molecule has 1 aromatic carbocycles. The number of rotatable bonds is 3. The molecule has 21 heavy (non-hydrogen) atoms. The van der Waals surface area contributed by atoms with Crippen molar-refractivity contribution in [2.24, 2.45) is 0 Å². The lowest BCUT2D eigenvalue weighted by Crippen LogP contribution is -2.11. The maximum Gasteiger partial charge on any atom is 0.269 e. The minimum atomic E-state index is -0.364. The lowest BCUT2D eigenvalue weighted by molar-refractivity contribution is 0.103. The molecule has 9 heteroatoms. The standard InChI is InChI=1S/C12H10ClN5O2S/c1-5-3-8-6(4-7(5)20-2)9(13)10(21-8)11(19)14-12-15-17-18-16-12/h3-4H,1-2H3,(H2,14,15,16,17,18,19). The molecule has 0 saturated carbocycles. The largest absolute Gasteiger partial charge is 0.496 e. The van der Waals surface area contributed by atoms with E-state index in [1.165, 1.54) is 11.3 Å². The normalized spacial score (nSPS) is 10.8. The van der Waals surface area contributed by atoms with E-state index in [2.05, 4.69) is 25.9 Å². The van der Waals surface area contributed by atoms with Crippen LogP contribution in [0.3, 0.4) is 0 Å². The van der Waals surface area contributed by atoms with E-state index in [4.69, 9.17) is 16.3 Å². The van der Waals surface area contributed by atoms with Crippen molar-refractivity contribution in [3.05, 3.63) is 27.6 Å². The molecule has 1 amide bonds. The molecule has 2 heterocycles. The third-order valence-corrected chi connectivity index (χ3v) is 4.58. The Labute approximate surface area is 128 Å². The zero-order chi connectivity index (χ0) is 15.0. The van der Waals surface area contributed by atoms with Gasteiger partial charge >= 0.3 is 0 Å². The van der Waals surface area contributed by atoms with Crippen LogP contribution < -0.4 is 10.1 Å². The van der Waals surface area contributed by atoms with Crippen LogP contribution in [0.15, 0.2) is 12.1 Å². The van der Waals surface area contributed by atoms with Crippen molar-refractivity contribution < 1.29 is 9.53 Å². The number of ether oxygens (including phenoxy) is 1. The molecule has 0 spiro atoms. The number of thiophene rings is 1. The number of hydrogen-bond acceptors (Lipinski definition) is 6. The number of nitrogens with zero attached hydrogens (tertiary/aromatic N) is 3. The molecule has 108 valence electrons. The van der Waals surface area contributed by atoms with Gasteiger partial charge in [-0.1, -0.05) is 16.7 Å². The van der Waals surface area contributed by atoms with Gasteiger partial charge in [0.25, 0.3) is 5.91 Å². The number of hydrogen-bond donors (Lipinski definition) is 2. The number of H-pyrrole nitrogens is 1. The average Bonchev–Trinajstić information content (AvgIpc) is 3.06. The number of amides is 1. The second-order valence-electron chi connectivity index (χ2n) is 4.27. The molecule has 0 fully saturated rings. The monoisotopic (exact) mass is 323 g/mol. The van der Waals surface area contributed by atoms with E-state index in [1.807, 2.05) is 19.1 Å². The molecule has 7 nitrogen and oxygen atoms in total. The van der Waals surface area contributed by atoms with E-state index >= 15 is 0 Å². The summed E-state index contributed by atoms with van der Waals surface area (Å²) < 4.78 is 6.19. The van der Waals surface area contributed by atoms with Crippen LogP contribution in [-0.4, -0.2) is 33.6 Å². The highest BCUT2D eigenvalue weighted by molar-refractivity contribution is 7.21. The molecule has 0 aliphatic carbocycles. The molecule has 3 rings (SSSR count). The summed E-state index contributed by atoms with van der Waals surface area (Å²) in [4.78, 5) is 12.6. The molecule has 3 aromatic rings. The number of aryl methyl sites for hydroxylation is 1. The first-order valence-corrected chi connectivity index (χ1v) is 7.11. The summed E-state index contributed by atoms with van der Waals surface area (Å²) in [6.07, 6.45) is 0. The number of benzene rings is 1. The fourth-order valence-electron chi connectivity index (χ4n) is 1.94. The minimum Gasteiger partial charge on any atom is -0.496 e. The van der Waals surface area contributed by atoms with Gasteiger partial charge in [-0.2, -0.15) is 0 Å². The van der Waals surface area contributed by atoms with Gasteiger partial charge in [0.2, 0.25) is 5.95 Å². The van der Waals surface area contributed by atoms with Crippen molar-refractivity contribution in [3.63, 3.8) is 0 Å². The maximum absolute atomic E-state index is 12.2. The molecular formula is C12H10ClN5O2S. The van der Waals surface area contributed by atoms with E-state index in [0.29, 0.717) is 9.90 Å². The van der Waals surface area contributed by atoms with Gasteiger partial charge in [-0.3, -0.25) is 10.1 Å². The Morgan fingerprint density at radius 1 is 1.48 bits per heavy atom. The number of aromatic nitrogens is 4. The average molecular weight is 324 g/mol. The molecule has 0 saturated heterocycles. The first kappa shape index (κ1) is 13.8. The lowest BCUT2D eigenvalue weighted by Gasteiger charge is -2.03. The number of carbonyl (C=O) groups is 1. The number of fused-ring (bicyclic) bond motifs is 1. The Morgan fingerprint density at radius 3 is 2.95 bits per heavy atom. The lowest BCUT2D eigenvalue weighted by atomic mass is 10.1. The van der Waals surface area contributed by atoms with Gasteiger partial charge in [0.15, 0.2) is 0 Å². The number of halogens is 1. The van der Waals surface area contributed by atoms with E-state index in [9.17, 15) is 4.79 Å². The predicted octanol–water partition coefficient (Wildman–Crippen LogP) is 2.64. The summed E-state index contributed by atoms with van der Waals surface area (Å²) >= 11 is 7.61. The fourth-order valence-corrected chi connectivity index (χ4v) is 3.42. The van der Waals surface area contributed by atoms with Crippen molar-refractivity contribution in [3.8, 4) is 5.75 Å². The summed E-state index contributed by atoms with van der Waals surface area (Å²) in [5, 5.41) is 16.5. The van der Waals surface area contributed by atoms with Gasteiger partial charge in [-0.05, 0) is 35.0 Å². The van der Waals surface area contributed by atoms with Gasteiger partial charge < -0.3 is 4.74 Å². The van der Waals surface area contributed by atoms with Gasteiger partial charge in [-0.15, -0.1) is 11.3 Å². The highest BCUT2D eigenvalue weighted by Crippen LogP contribution is 2.38. The van der Waals surface area contributed by atoms with Crippen molar-refractivity contribution in [2.45, 2.75) is 6.92 Å². The Bertz CT molecular complexity index is 815. The maximum atomic E-state index is 12.2. The minimum absolute atomic E-state index is 0.169. The van der Waals surface area contributed by atoms with E-state index in [-0.39, 0.29) is 11.9 Å². The fraction of sp³-hybridized carbons (Fsp3) is 0.167.